The molecule has 0 aliphatic carbocycles. The predicted molar refractivity (Wildman–Crippen MR) is 109 cm³/mol. The number of rotatable bonds is 6. The lowest BCUT2D eigenvalue weighted by molar-refractivity contribution is -0.116. The minimum Gasteiger partial charge on any atom is -0.326 e. The average molecular weight is 374 g/mol. The third-order valence-corrected chi connectivity index (χ3v) is 4.11. The average Bonchev–Trinajstić information content (AvgIpc) is 2.68. The fourth-order valence-corrected chi connectivity index (χ4v) is 2.79. The summed E-state index contributed by atoms with van der Waals surface area (Å²) in [5.74, 6) is 0.208. The van der Waals surface area contributed by atoms with Gasteiger partial charge >= 0.3 is 0 Å². The number of aryl methyl sites for hydroxylation is 3. The molecular weight excluding hydrogens is 352 g/mol. The van der Waals surface area contributed by atoms with Crippen molar-refractivity contribution in [1.82, 2.24) is 9.97 Å². The van der Waals surface area contributed by atoms with E-state index in [1.54, 1.807) is 37.3 Å². The number of carbonyl (C=O) groups is 2. The molecule has 0 unspecified atom stereocenters. The number of amides is 2. The number of hydrogen-bond acceptors (Lipinski definition) is 4. The van der Waals surface area contributed by atoms with Crippen molar-refractivity contribution in [3.63, 3.8) is 0 Å². The summed E-state index contributed by atoms with van der Waals surface area (Å²) in [4.78, 5) is 32.8. The topological polar surface area (TPSA) is 84.0 Å². The van der Waals surface area contributed by atoms with Crippen LogP contribution in [-0.2, 0) is 11.2 Å². The van der Waals surface area contributed by atoms with Crippen LogP contribution in [0, 0.1) is 13.8 Å². The highest BCUT2D eigenvalue weighted by Crippen LogP contribution is 2.15. The minimum absolute atomic E-state index is 0.0485. The van der Waals surface area contributed by atoms with E-state index in [1.807, 2.05) is 37.3 Å². The lowest BCUT2D eigenvalue weighted by Gasteiger charge is -2.08. The zero-order chi connectivity index (χ0) is 19.9. The summed E-state index contributed by atoms with van der Waals surface area (Å²) in [6.07, 6.45) is 1.10. The second-order valence-corrected chi connectivity index (χ2v) is 6.51. The van der Waals surface area contributed by atoms with Gasteiger partial charge in [-0.2, -0.15) is 0 Å². The molecule has 6 heteroatoms. The first-order chi connectivity index (χ1) is 13.5. The molecule has 0 aliphatic rings. The van der Waals surface area contributed by atoms with Crippen LogP contribution in [0.1, 0.15) is 34.0 Å². The summed E-state index contributed by atoms with van der Waals surface area (Å²) in [5.41, 5.74) is 3.51. The van der Waals surface area contributed by atoms with Gasteiger partial charge in [0.1, 0.15) is 11.5 Å². The second-order valence-electron chi connectivity index (χ2n) is 6.51. The van der Waals surface area contributed by atoms with Gasteiger partial charge in [-0.3, -0.25) is 9.59 Å². The zero-order valence-corrected chi connectivity index (χ0v) is 15.9. The third kappa shape index (κ3) is 5.48. The first-order valence-corrected chi connectivity index (χ1v) is 9.07. The molecule has 3 aromatic rings. The largest absolute Gasteiger partial charge is 0.326 e. The molecule has 3 rings (SSSR count). The third-order valence-electron chi connectivity index (χ3n) is 4.11. The molecule has 142 valence electrons. The van der Waals surface area contributed by atoms with Crippen molar-refractivity contribution in [2.24, 2.45) is 0 Å². The highest BCUT2D eigenvalue weighted by molar-refractivity contribution is 6.03. The molecule has 2 aromatic carbocycles. The molecule has 0 saturated carbocycles. The molecule has 6 nitrogen and oxygen atoms in total. The van der Waals surface area contributed by atoms with E-state index in [2.05, 4.69) is 20.6 Å². The number of hydrogen-bond donors (Lipinski definition) is 2. The Hall–Kier alpha value is -3.54. The lowest BCUT2D eigenvalue weighted by Crippen LogP contribution is -2.15. The zero-order valence-electron chi connectivity index (χ0n) is 15.9. The van der Waals surface area contributed by atoms with Crippen molar-refractivity contribution in [1.29, 1.82) is 0 Å². The van der Waals surface area contributed by atoms with E-state index in [0.29, 0.717) is 35.7 Å². The van der Waals surface area contributed by atoms with E-state index >= 15 is 0 Å². The van der Waals surface area contributed by atoms with Gasteiger partial charge in [-0.15, -0.1) is 0 Å². The Morgan fingerprint density at radius 2 is 1.50 bits per heavy atom. The highest BCUT2D eigenvalue weighted by atomic mass is 16.2. The van der Waals surface area contributed by atoms with Crippen LogP contribution in [0.4, 0.5) is 11.4 Å². The SMILES string of the molecule is Cc1cc(C(=O)Nc2ccc(NC(=O)CCc3ccccc3)cc2)nc(C)n1. The van der Waals surface area contributed by atoms with Gasteiger partial charge < -0.3 is 10.6 Å². The maximum absolute atomic E-state index is 12.3. The Bertz CT molecular complexity index is 949. The van der Waals surface area contributed by atoms with E-state index in [1.165, 1.54) is 0 Å². The van der Waals surface area contributed by atoms with Crippen molar-refractivity contribution in [2.75, 3.05) is 10.6 Å². The van der Waals surface area contributed by atoms with Crippen molar-refractivity contribution < 1.29 is 9.59 Å². The van der Waals surface area contributed by atoms with Gasteiger partial charge in [0.15, 0.2) is 0 Å². The van der Waals surface area contributed by atoms with Crippen LogP contribution in [0.5, 0.6) is 0 Å². The molecule has 0 saturated heterocycles. The van der Waals surface area contributed by atoms with Crippen molar-refractivity contribution in [3.05, 3.63) is 83.4 Å². The van der Waals surface area contributed by atoms with Gasteiger partial charge in [-0.05, 0) is 56.2 Å². The van der Waals surface area contributed by atoms with Crippen LogP contribution >= 0.6 is 0 Å². The summed E-state index contributed by atoms with van der Waals surface area (Å²) in [5, 5.41) is 5.66. The van der Waals surface area contributed by atoms with E-state index < -0.39 is 0 Å². The van der Waals surface area contributed by atoms with Gasteiger partial charge in [-0.1, -0.05) is 30.3 Å². The number of benzene rings is 2. The van der Waals surface area contributed by atoms with Crippen LogP contribution < -0.4 is 10.6 Å². The summed E-state index contributed by atoms with van der Waals surface area (Å²) < 4.78 is 0. The maximum Gasteiger partial charge on any atom is 0.274 e. The van der Waals surface area contributed by atoms with E-state index in [-0.39, 0.29) is 11.8 Å². The first kappa shape index (κ1) is 19.2. The van der Waals surface area contributed by atoms with Gasteiger partial charge in [0, 0.05) is 23.5 Å². The standard InChI is InChI=1S/C22H22N4O2/c1-15-14-20(24-16(2)23-15)22(28)26-19-11-9-18(10-12-19)25-21(27)13-8-17-6-4-3-5-7-17/h3-7,9-12,14H,8,13H2,1-2H3,(H,25,27)(H,26,28). The fraction of sp³-hybridized carbons (Fsp3) is 0.182. The van der Waals surface area contributed by atoms with Crippen LogP contribution in [0.25, 0.3) is 0 Å². The van der Waals surface area contributed by atoms with E-state index in [0.717, 1.165) is 11.3 Å². The Morgan fingerprint density at radius 1 is 0.857 bits per heavy atom. The molecule has 0 atom stereocenters. The van der Waals surface area contributed by atoms with Gasteiger partial charge in [0.2, 0.25) is 5.91 Å². The number of carbonyl (C=O) groups excluding carboxylic acids is 2. The molecule has 0 fully saturated rings. The Labute approximate surface area is 164 Å². The number of anilines is 2. The molecule has 28 heavy (non-hydrogen) atoms. The molecular formula is C22H22N4O2. The molecule has 2 amide bonds. The van der Waals surface area contributed by atoms with Crippen LogP contribution in [0.3, 0.4) is 0 Å². The number of aromatic nitrogens is 2. The number of nitrogens with one attached hydrogen (secondary N) is 2. The first-order valence-electron chi connectivity index (χ1n) is 9.07. The summed E-state index contributed by atoms with van der Waals surface area (Å²) in [7, 11) is 0. The summed E-state index contributed by atoms with van der Waals surface area (Å²) >= 11 is 0. The lowest BCUT2D eigenvalue weighted by atomic mass is 10.1. The molecule has 1 heterocycles. The fourth-order valence-electron chi connectivity index (χ4n) is 2.79. The van der Waals surface area contributed by atoms with Crippen molar-refractivity contribution in [2.45, 2.75) is 26.7 Å². The summed E-state index contributed by atoms with van der Waals surface area (Å²) in [6, 6.07) is 18.5. The van der Waals surface area contributed by atoms with E-state index in [9.17, 15) is 9.59 Å². The van der Waals surface area contributed by atoms with Gasteiger partial charge in [0.05, 0.1) is 0 Å². The van der Waals surface area contributed by atoms with Crippen LogP contribution in [-0.4, -0.2) is 21.8 Å². The normalized spacial score (nSPS) is 10.4. The molecule has 0 radical (unpaired) electrons. The van der Waals surface area contributed by atoms with Crippen LogP contribution in [0.2, 0.25) is 0 Å². The molecule has 2 N–H and O–H groups in total. The molecule has 1 aromatic heterocycles. The van der Waals surface area contributed by atoms with Gasteiger partial charge in [-0.25, -0.2) is 9.97 Å². The molecule has 0 aliphatic heterocycles. The Morgan fingerprint density at radius 3 is 2.14 bits per heavy atom. The Kier molecular flexibility index (Phi) is 6.11. The monoisotopic (exact) mass is 374 g/mol. The summed E-state index contributed by atoms with van der Waals surface area (Å²) in [6.45, 7) is 3.57. The van der Waals surface area contributed by atoms with Crippen molar-refractivity contribution in [3.8, 4) is 0 Å². The number of nitrogens with zero attached hydrogens (tertiary/aromatic N) is 2. The van der Waals surface area contributed by atoms with Crippen molar-refractivity contribution >= 4 is 23.2 Å². The minimum atomic E-state index is -0.298. The van der Waals surface area contributed by atoms with Gasteiger partial charge in [0.25, 0.3) is 5.91 Å². The smallest absolute Gasteiger partial charge is 0.274 e. The molecule has 0 spiro atoms. The van der Waals surface area contributed by atoms with Crippen LogP contribution in [0.15, 0.2) is 60.7 Å². The Balaban J connectivity index is 1.54. The predicted octanol–water partition coefficient (Wildman–Crippen LogP) is 3.92. The highest BCUT2D eigenvalue weighted by Gasteiger charge is 2.10. The quantitative estimate of drug-likeness (QED) is 0.685. The molecule has 0 bridgehead atoms. The second kappa shape index (κ2) is 8.90. The maximum atomic E-state index is 12.3. The van der Waals surface area contributed by atoms with E-state index in [4.69, 9.17) is 0 Å².